The highest BCUT2D eigenvalue weighted by Crippen LogP contribution is 2.42. The standard InChI is InChI=1S/C33H36N2O6S3/c1-19(2)28-16-24(17-29(33(36)37)32(28)22-10-8-11-25(15-22)34-43(5,38)39)27-14-13-23(18-30(27)35-44(6,40)41)31-20(3)9-7-12-26(31)21(4)42/h7-19,21,34-35,42H,1-6H3,(H,36,37). The zero-order valence-corrected chi connectivity index (χ0v) is 27.9. The van der Waals surface area contributed by atoms with Gasteiger partial charge in [0.2, 0.25) is 20.0 Å². The average molecular weight is 653 g/mol. The zero-order chi connectivity index (χ0) is 32.6. The molecule has 0 aliphatic rings. The number of carboxylic acid groups (broad SMARTS) is 1. The molecule has 232 valence electrons. The molecular formula is C33H36N2O6S3. The number of sulfonamides is 2. The van der Waals surface area contributed by atoms with E-state index in [2.05, 4.69) is 22.1 Å². The van der Waals surface area contributed by atoms with Gasteiger partial charge in [-0.1, -0.05) is 62.4 Å². The fraction of sp³-hybridized carbons (Fsp3) is 0.242. The van der Waals surface area contributed by atoms with Gasteiger partial charge in [0.25, 0.3) is 0 Å². The van der Waals surface area contributed by atoms with Crippen LogP contribution in [0.3, 0.4) is 0 Å². The second-order valence-electron chi connectivity index (χ2n) is 11.3. The Balaban J connectivity index is 2.00. The first kappa shape index (κ1) is 33.1. The number of carbonyl (C=O) groups is 1. The maximum absolute atomic E-state index is 12.7. The van der Waals surface area contributed by atoms with Crippen molar-refractivity contribution in [2.45, 2.75) is 38.9 Å². The van der Waals surface area contributed by atoms with Crippen molar-refractivity contribution in [2.75, 3.05) is 22.0 Å². The molecule has 11 heteroatoms. The largest absolute Gasteiger partial charge is 0.478 e. The summed E-state index contributed by atoms with van der Waals surface area (Å²) in [5.41, 5.74) is 7.09. The van der Waals surface area contributed by atoms with Gasteiger partial charge in [-0.2, -0.15) is 12.6 Å². The normalized spacial score (nSPS) is 12.6. The van der Waals surface area contributed by atoms with Crippen molar-refractivity contribution in [3.8, 4) is 33.4 Å². The number of carboxylic acids is 1. The Labute approximate surface area is 265 Å². The topological polar surface area (TPSA) is 130 Å². The Bertz CT molecular complexity index is 1970. The third kappa shape index (κ3) is 7.64. The maximum Gasteiger partial charge on any atom is 0.336 e. The third-order valence-corrected chi connectivity index (χ3v) is 8.62. The molecule has 0 saturated heterocycles. The van der Waals surface area contributed by atoms with Crippen molar-refractivity contribution in [2.24, 2.45) is 0 Å². The Morgan fingerprint density at radius 1 is 0.750 bits per heavy atom. The van der Waals surface area contributed by atoms with Gasteiger partial charge in [-0.05, 0) is 88.5 Å². The number of thiol groups is 1. The van der Waals surface area contributed by atoms with E-state index in [1.54, 1.807) is 36.4 Å². The average Bonchev–Trinajstić information content (AvgIpc) is 2.90. The number of hydrogen-bond donors (Lipinski definition) is 4. The summed E-state index contributed by atoms with van der Waals surface area (Å²) in [6, 6.07) is 21.4. The van der Waals surface area contributed by atoms with Gasteiger partial charge in [0.1, 0.15) is 0 Å². The van der Waals surface area contributed by atoms with Crippen LogP contribution in [-0.2, 0) is 20.0 Å². The molecule has 4 aromatic rings. The summed E-state index contributed by atoms with van der Waals surface area (Å²) in [7, 11) is -7.26. The lowest BCUT2D eigenvalue weighted by molar-refractivity contribution is 0.0697. The smallest absolute Gasteiger partial charge is 0.336 e. The summed E-state index contributed by atoms with van der Waals surface area (Å²) in [6.07, 6.45) is 2.12. The van der Waals surface area contributed by atoms with Crippen molar-refractivity contribution in [3.63, 3.8) is 0 Å². The van der Waals surface area contributed by atoms with E-state index in [4.69, 9.17) is 0 Å². The lowest BCUT2D eigenvalue weighted by Gasteiger charge is -2.21. The van der Waals surface area contributed by atoms with Crippen LogP contribution in [0.5, 0.6) is 0 Å². The quantitative estimate of drug-likeness (QED) is 0.131. The van der Waals surface area contributed by atoms with Crippen LogP contribution in [0, 0.1) is 6.92 Å². The van der Waals surface area contributed by atoms with Gasteiger partial charge in [0.15, 0.2) is 0 Å². The molecule has 0 fully saturated rings. The van der Waals surface area contributed by atoms with E-state index in [0.717, 1.165) is 34.8 Å². The summed E-state index contributed by atoms with van der Waals surface area (Å²) >= 11 is 4.65. The van der Waals surface area contributed by atoms with Crippen LogP contribution in [0.1, 0.15) is 59.0 Å². The molecule has 0 aliphatic carbocycles. The second-order valence-corrected chi connectivity index (χ2v) is 15.5. The van der Waals surface area contributed by atoms with Crippen LogP contribution < -0.4 is 9.44 Å². The van der Waals surface area contributed by atoms with Crippen molar-refractivity contribution in [3.05, 3.63) is 95.1 Å². The fourth-order valence-corrected chi connectivity index (χ4v) is 6.73. The highest BCUT2D eigenvalue weighted by Gasteiger charge is 2.23. The second kappa shape index (κ2) is 12.7. The van der Waals surface area contributed by atoms with Crippen LogP contribution in [0.25, 0.3) is 33.4 Å². The number of aryl methyl sites for hydroxylation is 1. The van der Waals surface area contributed by atoms with E-state index in [9.17, 15) is 26.7 Å². The predicted molar refractivity (Wildman–Crippen MR) is 183 cm³/mol. The third-order valence-electron chi connectivity index (χ3n) is 7.15. The van der Waals surface area contributed by atoms with E-state index < -0.39 is 26.0 Å². The first-order valence-corrected chi connectivity index (χ1v) is 18.1. The minimum Gasteiger partial charge on any atom is -0.478 e. The highest BCUT2D eigenvalue weighted by molar-refractivity contribution is 7.92. The Morgan fingerprint density at radius 2 is 1.39 bits per heavy atom. The summed E-state index contributed by atoms with van der Waals surface area (Å²) < 4.78 is 53.9. The van der Waals surface area contributed by atoms with Gasteiger partial charge < -0.3 is 5.11 Å². The molecule has 8 nitrogen and oxygen atoms in total. The number of hydrogen-bond acceptors (Lipinski definition) is 6. The molecule has 0 spiro atoms. The van der Waals surface area contributed by atoms with E-state index in [-0.39, 0.29) is 16.7 Å². The van der Waals surface area contributed by atoms with E-state index in [1.165, 1.54) is 6.07 Å². The van der Waals surface area contributed by atoms with Gasteiger partial charge in [-0.3, -0.25) is 9.44 Å². The molecule has 0 bridgehead atoms. The van der Waals surface area contributed by atoms with E-state index in [1.807, 2.05) is 58.0 Å². The van der Waals surface area contributed by atoms with Crippen molar-refractivity contribution >= 4 is 50.0 Å². The highest BCUT2D eigenvalue weighted by atomic mass is 32.2. The van der Waals surface area contributed by atoms with Gasteiger partial charge in [0.05, 0.1) is 23.8 Å². The summed E-state index contributed by atoms with van der Waals surface area (Å²) in [5.74, 6) is -1.31. The summed E-state index contributed by atoms with van der Waals surface area (Å²) in [4.78, 5) is 12.7. The fourth-order valence-electron chi connectivity index (χ4n) is 5.39. The number of anilines is 2. The zero-order valence-electron chi connectivity index (χ0n) is 25.3. The maximum atomic E-state index is 12.7. The molecule has 1 unspecified atom stereocenters. The molecule has 0 heterocycles. The van der Waals surface area contributed by atoms with Gasteiger partial charge >= 0.3 is 5.97 Å². The first-order chi connectivity index (χ1) is 20.4. The number of benzene rings is 4. The molecule has 0 saturated carbocycles. The molecule has 1 atom stereocenters. The molecule has 0 radical (unpaired) electrons. The lowest BCUT2D eigenvalue weighted by Crippen LogP contribution is -2.11. The molecule has 0 amide bonds. The van der Waals surface area contributed by atoms with E-state index >= 15 is 0 Å². The molecule has 0 aromatic heterocycles. The number of aromatic carboxylic acids is 1. The SMILES string of the molecule is Cc1cccc(C(C)S)c1-c1ccc(-c2cc(C(=O)O)c(-c3cccc(NS(C)(=O)=O)c3)c(C(C)C)c2)c(NS(C)(=O)=O)c1. The van der Waals surface area contributed by atoms with Crippen molar-refractivity contribution < 1.29 is 26.7 Å². The van der Waals surface area contributed by atoms with Crippen LogP contribution in [0.2, 0.25) is 0 Å². The van der Waals surface area contributed by atoms with Crippen molar-refractivity contribution in [1.29, 1.82) is 0 Å². The molecule has 44 heavy (non-hydrogen) atoms. The Hall–Kier alpha value is -3.80. The molecule has 0 aliphatic heterocycles. The van der Waals surface area contributed by atoms with Gasteiger partial charge in [-0.25, -0.2) is 21.6 Å². The van der Waals surface area contributed by atoms with Crippen LogP contribution in [0.4, 0.5) is 11.4 Å². The minimum absolute atomic E-state index is 0.00202. The van der Waals surface area contributed by atoms with Crippen LogP contribution in [-0.4, -0.2) is 40.4 Å². The monoisotopic (exact) mass is 652 g/mol. The number of rotatable bonds is 10. The molecule has 3 N–H and O–H groups in total. The number of nitrogens with one attached hydrogen (secondary N) is 2. The Morgan fingerprint density at radius 3 is 1.98 bits per heavy atom. The Kier molecular flexibility index (Phi) is 9.53. The lowest BCUT2D eigenvalue weighted by atomic mass is 9.85. The van der Waals surface area contributed by atoms with E-state index in [0.29, 0.717) is 39.2 Å². The molecular weight excluding hydrogens is 617 g/mol. The van der Waals surface area contributed by atoms with Crippen LogP contribution in [0.15, 0.2) is 72.8 Å². The van der Waals surface area contributed by atoms with Gasteiger partial charge in [-0.15, -0.1) is 0 Å². The predicted octanol–water partition coefficient (Wildman–Crippen LogP) is 7.55. The van der Waals surface area contributed by atoms with Crippen LogP contribution >= 0.6 is 12.6 Å². The summed E-state index contributed by atoms with van der Waals surface area (Å²) in [5, 5.41) is 10.3. The first-order valence-electron chi connectivity index (χ1n) is 13.8. The minimum atomic E-state index is -3.70. The molecule has 4 rings (SSSR count). The summed E-state index contributed by atoms with van der Waals surface area (Å²) in [6.45, 7) is 7.83. The van der Waals surface area contributed by atoms with Crippen molar-refractivity contribution in [1.82, 2.24) is 0 Å². The van der Waals surface area contributed by atoms with Gasteiger partial charge in [0, 0.05) is 16.5 Å². The molecule has 4 aromatic carbocycles.